The molecule has 0 atom stereocenters. The monoisotopic (exact) mass is 246 g/mol. The molecule has 98 valence electrons. The van der Waals surface area contributed by atoms with Crippen LogP contribution in [0, 0.1) is 12.8 Å². The van der Waals surface area contributed by atoms with E-state index in [1.807, 2.05) is 30.0 Å². The summed E-state index contributed by atoms with van der Waals surface area (Å²) in [5.74, 6) is 0.870. The first-order chi connectivity index (χ1) is 8.63. The van der Waals surface area contributed by atoms with Crippen LogP contribution >= 0.6 is 0 Å². The van der Waals surface area contributed by atoms with Gasteiger partial charge in [-0.15, -0.1) is 0 Å². The highest BCUT2D eigenvalue weighted by atomic mass is 16.2. The SMILES string of the molecule is CCC1CCN(C(=O)c2cccc(C)c2N)CC1. The topological polar surface area (TPSA) is 46.3 Å². The van der Waals surface area contributed by atoms with Gasteiger partial charge in [-0.05, 0) is 37.3 Å². The Morgan fingerprint density at radius 1 is 1.39 bits per heavy atom. The van der Waals surface area contributed by atoms with Gasteiger partial charge in [0, 0.05) is 18.8 Å². The molecule has 0 bridgehead atoms. The molecule has 1 saturated heterocycles. The molecule has 3 nitrogen and oxygen atoms in total. The Balaban J connectivity index is 2.10. The molecule has 0 saturated carbocycles. The third-order valence-corrected chi connectivity index (χ3v) is 4.03. The molecule has 0 unspecified atom stereocenters. The van der Waals surface area contributed by atoms with E-state index in [-0.39, 0.29) is 5.91 Å². The average Bonchev–Trinajstić information content (AvgIpc) is 2.41. The van der Waals surface area contributed by atoms with Gasteiger partial charge >= 0.3 is 0 Å². The van der Waals surface area contributed by atoms with E-state index in [9.17, 15) is 4.79 Å². The van der Waals surface area contributed by atoms with E-state index in [0.29, 0.717) is 11.3 Å². The molecule has 0 spiro atoms. The van der Waals surface area contributed by atoms with Gasteiger partial charge in [-0.2, -0.15) is 0 Å². The summed E-state index contributed by atoms with van der Waals surface area (Å²) >= 11 is 0. The third-order valence-electron chi connectivity index (χ3n) is 4.03. The molecule has 0 aliphatic carbocycles. The lowest BCUT2D eigenvalue weighted by molar-refractivity contribution is 0.0690. The number of likely N-dealkylation sites (tertiary alicyclic amines) is 1. The van der Waals surface area contributed by atoms with Crippen molar-refractivity contribution in [2.24, 2.45) is 5.92 Å². The third kappa shape index (κ3) is 2.50. The van der Waals surface area contributed by atoms with Crippen LogP contribution in [0.15, 0.2) is 18.2 Å². The highest BCUT2D eigenvalue weighted by Gasteiger charge is 2.23. The molecule has 1 aromatic rings. The van der Waals surface area contributed by atoms with Crippen molar-refractivity contribution < 1.29 is 4.79 Å². The van der Waals surface area contributed by atoms with Gasteiger partial charge in [0.1, 0.15) is 0 Å². The fourth-order valence-corrected chi connectivity index (χ4v) is 2.58. The van der Waals surface area contributed by atoms with Gasteiger partial charge in [0.25, 0.3) is 5.91 Å². The predicted molar refractivity (Wildman–Crippen MR) is 74.5 cm³/mol. The van der Waals surface area contributed by atoms with E-state index < -0.39 is 0 Å². The van der Waals surface area contributed by atoms with E-state index in [2.05, 4.69) is 6.92 Å². The Kier molecular flexibility index (Phi) is 3.90. The number of hydrogen-bond donors (Lipinski definition) is 1. The van der Waals surface area contributed by atoms with Crippen LogP contribution in [0.25, 0.3) is 0 Å². The van der Waals surface area contributed by atoms with Crippen LogP contribution in [-0.2, 0) is 0 Å². The van der Waals surface area contributed by atoms with Crippen molar-refractivity contribution in [3.63, 3.8) is 0 Å². The van der Waals surface area contributed by atoms with Gasteiger partial charge in [0.05, 0.1) is 5.56 Å². The second-order valence-electron chi connectivity index (χ2n) is 5.18. The van der Waals surface area contributed by atoms with Gasteiger partial charge in [0.2, 0.25) is 0 Å². The minimum atomic E-state index is 0.0887. The molecule has 1 aliphatic rings. The molecule has 18 heavy (non-hydrogen) atoms. The summed E-state index contributed by atoms with van der Waals surface area (Å²) in [4.78, 5) is 14.4. The number of nitrogens with two attached hydrogens (primary N) is 1. The predicted octanol–water partition coefficient (Wildman–Crippen LogP) is 2.84. The zero-order chi connectivity index (χ0) is 13.1. The van der Waals surface area contributed by atoms with Crippen LogP contribution < -0.4 is 5.73 Å². The lowest BCUT2D eigenvalue weighted by Gasteiger charge is -2.32. The van der Waals surface area contributed by atoms with Crippen LogP contribution in [-0.4, -0.2) is 23.9 Å². The van der Waals surface area contributed by atoms with Gasteiger partial charge < -0.3 is 10.6 Å². The maximum Gasteiger partial charge on any atom is 0.255 e. The number of anilines is 1. The van der Waals surface area contributed by atoms with Gasteiger partial charge in [-0.25, -0.2) is 0 Å². The first kappa shape index (κ1) is 12.9. The summed E-state index contributed by atoms with van der Waals surface area (Å²) in [6.07, 6.45) is 3.45. The average molecular weight is 246 g/mol. The number of rotatable bonds is 2. The summed E-state index contributed by atoms with van der Waals surface area (Å²) in [6.45, 7) is 5.89. The first-order valence-corrected chi connectivity index (χ1v) is 6.77. The van der Waals surface area contributed by atoms with E-state index in [1.165, 1.54) is 6.42 Å². The van der Waals surface area contributed by atoms with Crippen LogP contribution in [0.1, 0.15) is 42.1 Å². The van der Waals surface area contributed by atoms with Crippen LogP contribution in [0.5, 0.6) is 0 Å². The highest BCUT2D eigenvalue weighted by molar-refractivity contribution is 5.99. The van der Waals surface area contributed by atoms with Crippen molar-refractivity contribution in [1.29, 1.82) is 0 Å². The summed E-state index contributed by atoms with van der Waals surface area (Å²) < 4.78 is 0. The van der Waals surface area contributed by atoms with Gasteiger partial charge in [0.15, 0.2) is 0 Å². The van der Waals surface area contributed by atoms with Gasteiger partial charge in [-0.3, -0.25) is 4.79 Å². The molecule has 1 aliphatic heterocycles. The quantitative estimate of drug-likeness (QED) is 0.816. The Morgan fingerprint density at radius 2 is 2.06 bits per heavy atom. The molecule has 2 rings (SSSR count). The van der Waals surface area contributed by atoms with Crippen LogP contribution in [0.4, 0.5) is 5.69 Å². The van der Waals surface area contributed by atoms with E-state index in [0.717, 1.165) is 37.4 Å². The Morgan fingerprint density at radius 3 is 2.67 bits per heavy atom. The molecule has 0 aromatic heterocycles. The summed E-state index contributed by atoms with van der Waals surface area (Å²) in [6, 6.07) is 5.67. The number of nitrogens with zero attached hydrogens (tertiary/aromatic N) is 1. The highest BCUT2D eigenvalue weighted by Crippen LogP contribution is 2.24. The number of carbonyl (C=O) groups is 1. The Labute approximate surface area is 109 Å². The number of para-hydroxylation sites is 1. The Hall–Kier alpha value is -1.51. The molecule has 1 fully saturated rings. The van der Waals surface area contributed by atoms with E-state index in [1.54, 1.807) is 0 Å². The minimum absolute atomic E-state index is 0.0887. The normalized spacial score (nSPS) is 16.9. The summed E-state index contributed by atoms with van der Waals surface area (Å²) in [5, 5.41) is 0. The zero-order valence-electron chi connectivity index (χ0n) is 11.3. The smallest absolute Gasteiger partial charge is 0.255 e. The van der Waals surface area contributed by atoms with E-state index in [4.69, 9.17) is 5.73 Å². The minimum Gasteiger partial charge on any atom is -0.398 e. The summed E-state index contributed by atoms with van der Waals surface area (Å²) in [5.41, 5.74) is 8.25. The fourth-order valence-electron chi connectivity index (χ4n) is 2.58. The van der Waals surface area contributed by atoms with Crippen LogP contribution in [0.3, 0.4) is 0 Å². The Bertz CT molecular complexity index is 434. The van der Waals surface area contributed by atoms with Crippen molar-refractivity contribution in [3.05, 3.63) is 29.3 Å². The fraction of sp³-hybridized carbons (Fsp3) is 0.533. The number of amides is 1. The molecular weight excluding hydrogens is 224 g/mol. The number of aryl methyl sites for hydroxylation is 1. The van der Waals surface area contributed by atoms with Crippen molar-refractivity contribution >= 4 is 11.6 Å². The van der Waals surface area contributed by atoms with Crippen molar-refractivity contribution in [2.75, 3.05) is 18.8 Å². The molecule has 2 N–H and O–H groups in total. The zero-order valence-corrected chi connectivity index (χ0v) is 11.3. The molecule has 1 aromatic carbocycles. The lowest BCUT2D eigenvalue weighted by atomic mass is 9.94. The number of hydrogen-bond acceptors (Lipinski definition) is 2. The number of benzene rings is 1. The second kappa shape index (κ2) is 5.42. The number of nitrogen functional groups attached to an aromatic ring is 1. The lowest BCUT2D eigenvalue weighted by Crippen LogP contribution is -2.38. The van der Waals surface area contributed by atoms with Crippen molar-refractivity contribution in [3.8, 4) is 0 Å². The second-order valence-corrected chi connectivity index (χ2v) is 5.18. The standard InChI is InChI=1S/C15H22N2O/c1-3-12-7-9-17(10-8-12)15(18)13-6-4-5-11(2)14(13)16/h4-6,12H,3,7-10,16H2,1-2H3. The van der Waals surface area contributed by atoms with Crippen molar-refractivity contribution in [1.82, 2.24) is 4.90 Å². The van der Waals surface area contributed by atoms with E-state index >= 15 is 0 Å². The maximum absolute atomic E-state index is 12.4. The molecule has 1 amide bonds. The largest absolute Gasteiger partial charge is 0.398 e. The van der Waals surface area contributed by atoms with Crippen LogP contribution in [0.2, 0.25) is 0 Å². The maximum atomic E-state index is 12.4. The number of piperidine rings is 1. The van der Waals surface area contributed by atoms with Crippen molar-refractivity contribution in [2.45, 2.75) is 33.1 Å². The van der Waals surface area contributed by atoms with Gasteiger partial charge in [-0.1, -0.05) is 25.5 Å². The molecule has 0 radical (unpaired) electrons. The number of carbonyl (C=O) groups excluding carboxylic acids is 1. The molecule has 3 heteroatoms. The molecular formula is C15H22N2O. The molecule has 1 heterocycles. The first-order valence-electron chi connectivity index (χ1n) is 6.77. The summed E-state index contributed by atoms with van der Waals surface area (Å²) in [7, 11) is 0.